The molecule has 0 spiro atoms. The highest BCUT2D eigenvalue weighted by Crippen LogP contribution is 2.20. The second kappa shape index (κ2) is 3.85. The summed E-state index contributed by atoms with van der Waals surface area (Å²) in [5.41, 5.74) is 4.88. The summed E-state index contributed by atoms with van der Waals surface area (Å²) in [6.45, 7) is 1.63. The van der Waals surface area contributed by atoms with Gasteiger partial charge in [-0.05, 0) is 26.4 Å². The van der Waals surface area contributed by atoms with E-state index in [1.54, 1.807) is 0 Å². The summed E-state index contributed by atoms with van der Waals surface area (Å²) < 4.78 is 13.1. The second-order valence-corrected chi connectivity index (χ2v) is 3.47. The molecule has 0 aromatic rings. The first-order chi connectivity index (χ1) is 5.61. The molecule has 2 atom stereocenters. The van der Waals surface area contributed by atoms with Crippen molar-refractivity contribution in [3.8, 4) is 0 Å². The number of halogens is 1. The average Bonchev–Trinajstić information content (AvgIpc) is 2.03. The number of rotatable bonds is 2. The van der Waals surface area contributed by atoms with Crippen molar-refractivity contribution in [2.45, 2.75) is 19.0 Å². The smallest absolute Gasteiger partial charge is 0.252 e. The number of primary amides is 1. The second-order valence-electron chi connectivity index (χ2n) is 3.47. The lowest BCUT2D eigenvalue weighted by molar-refractivity contribution is -0.125. The number of hydrogen-bond donors (Lipinski definition) is 1. The molecule has 70 valence electrons. The summed E-state index contributed by atoms with van der Waals surface area (Å²) in [7, 11) is 1.93. The van der Waals surface area contributed by atoms with Gasteiger partial charge in [0.25, 0.3) is 5.91 Å². The van der Waals surface area contributed by atoms with E-state index in [1.807, 2.05) is 11.9 Å². The molecule has 2 unspecified atom stereocenters. The van der Waals surface area contributed by atoms with Gasteiger partial charge in [0, 0.05) is 12.5 Å². The van der Waals surface area contributed by atoms with Gasteiger partial charge in [0.2, 0.25) is 0 Å². The van der Waals surface area contributed by atoms with Gasteiger partial charge in [-0.2, -0.15) is 0 Å². The van der Waals surface area contributed by atoms with E-state index in [2.05, 4.69) is 0 Å². The van der Waals surface area contributed by atoms with Gasteiger partial charge in [0.15, 0.2) is 6.17 Å². The fourth-order valence-corrected chi connectivity index (χ4v) is 1.68. The van der Waals surface area contributed by atoms with Gasteiger partial charge in [0.1, 0.15) is 0 Å². The molecule has 1 saturated heterocycles. The molecule has 0 aliphatic carbocycles. The number of nitrogens with zero attached hydrogens (tertiary/aromatic N) is 1. The van der Waals surface area contributed by atoms with Crippen LogP contribution in [0.3, 0.4) is 0 Å². The number of nitrogens with two attached hydrogens (primary N) is 1. The summed E-state index contributed by atoms with van der Waals surface area (Å²) in [4.78, 5) is 12.6. The van der Waals surface area contributed by atoms with Gasteiger partial charge in [-0.1, -0.05) is 0 Å². The molecule has 4 heteroatoms. The Morgan fingerprint density at radius 1 is 1.75 bits per heavy atom. The topological polar surface area (TPSA) is 46.3 Å². The van der Waals surface area contributed by atoms with Crippen LogP contribution >= 0.6 is 0 Å². The van der Waals surface area contributed by atoms with Crippen LogP contribution in [0.1, 0.15) is 12.8 Å². The van der Waals surface area contributed by atoms with Crippen molar-refractivity contribution < 1.29 is 9.18 Å². The first-order valence-electron chi connectivity index (χ1n) is 4.23. The largest absolute Gasteiger partial charge is 0.367 e. The molecular weight excluding hydrogens is 159 g/mol. The van der Waals surface area contributed by atoms with Crippen molar-refractivity contribution in [1.82, 2.24) is 4.90 Å². The molecule has 1 rings (SSSR count). The molecular formula is C8H15FN2O. The van der Waals surface area contributed by atoms with Gasteiger partial charge in [-0.15, -0.1) is 0 Å². The molecule has 0 saturated carbocycles. The van der Waals surface area contributed by atoms with E-state index in [9.17, 15) is 9.18 Å². The summed E-state index contributed by atoms with van der Waals surface area (Å²) in [6, 6.07) is 0. The van der Waals surface area contributed by atoms with Crippen LogP contribution in [0, 0.1) is 5.92 Å². The maximum atomic E-state index is 13.1. The van der Waals surface area contributed by atoms with Crippen molar-refractivity contribution in [2.75, 3.05) is 20.1 Å². The van der Waals surface area contributed by atoms with E-state index in [4.69, 9.17) is 5.73 Å². The lowest BCUT2D eigenvalue weighted by atomic mass is 9.93. The van der Waals surface area contributed by atoms with Crippen molar-refractivity contribution in [1.29, 1.82) is 0 Å². The third kappa shape index (κ3) is 2.17. The zero-order valence-corrected chi connectivity index (χ0v) is 7.29. The highest BCUT2D eigenvalue weighted by Gasteiger charge is 2.29. The normalized spacial score (nSPS) is 28.3. The number of likely N-dealkylation sites (tertiary alicyclic amines) is 1. The molecule has 1 aliphatic heterocycles. The Hall–Kier alpha value is -0.640. The van der Waals surface area contributed by atoms with E-state index in [0.717, 1.165) is 19.4 Å². The molecule has 1 amide bonds. The van der Waals surface area contributed by atoms with E-state index >= 15 is 0 Å². The van der Waals surface area contributed by atoms with Crippen LogP contribution in [0.5, 0.6) is 0 Å². The Kier molecular flexibility index (Phi) is 3.03. The molecule has 0 aromatic heterocycles. The summed E-state index contributed by atoms with van der Waals surface area (Å²) in [5, 5.41) is 0. The Labute approximate surface area is 71.7 Å². The van der Waals surface area contributed by atoms with Crippen LogP contribution in [-0.2, 0) is 4.79 Å². The Balaban J connectivity index is 2.45. The zero-order valence-electron chi connectivity index (χ0n) is 7.29. The number of carbonyl (C=O) groups excluding carboxylic acids is 1. The molecule has 1 fully saturated rings. The van der Waals surface area contributed by atoms with Crippen molar-refractivity contribution in [3.05, 3.63) is 0 Å². The van der Waals surface area contributed by atoms with Gasteiger partial charge < -0.3 is 10.6 Å². The SMILES string of the molecule is CN1CCCC(C(F)C(N)=O)C1. The van der Waals surface area contributed by atoms with Gasteiger partial charge in [-0.3, -0.25) is 4.79 Å². The van der Waals surface area contributed by atoms with Crippen LogP contribution in [0.2, 0.25) is 0 Å². The summed E-state index contributed by atoms with van der Waals surface area (Å²) in [5.74, 6) is -1.02. The monoisotopic (exact) mass is 174 g/mol. The predicted molar refractivity (Wildman–Crippen MR) is 44.3 cm³/mol. The quantitative estimate of drug-likeness (QED) is 0.647. The molecule has 2 N–H and O–H groups in total. The summed E-state index contributed by atoms with van der Waals surface area (Å²) in [6.07, 6.45) is 0.260. The lowest BCUT2D eigenvalue weighted by Gasteiger charge is -2.30. The first-order valence-corrected chi connectivity index (χ1v) is 4.23. The van der Waals surface area contributed by atoms with Crippen LogP contribution in [0.4, 0.5) is 4.39 Å². The fraction of sp³-hybridized carbons (Fsp3) is 0.875. The third-order valence-electron chi connectivity index (χ3n) is 2.35. The maximum Gasteiger partial charge on any atom is 0.252 e. The van der Waals surface area contributed by atoms with E-state index in [1.165, 1.54) is 0 Å². The number of amides is 1. The Bertz CT molecular complexity index is 174. The van der Waals surface area contributed by atoms with E-state index in [0.29, 0.717) is 6.54 Å². The molecule has 3 nitrogen and oxygen atoms in total. The third-order valence-corrected chi connectivity index (χ3v) is 2.35. The van der Waals surface area contributed by atoms with E-state index < -0.39 is 12.1 Å². The minimum Gasteiger partial charge on any atom is -0.367 e. The summed E-state index contributed by atoms with van der Waals surface area (Å²) >= 11 is 0. The van der Waals surface area contributed by atoms with Crippen molar-refractivity contribution >= 4 is 5.91 Å². The highest BCUT2D eigenvalue weighted by molar-refractivity contribution is 5.79. The number of alkyl halides is 1. The fourth-order valence-electron chi connectivity index (χ4n) is 1.68. The zero-order chi connectivity index (χ0) is 9.14. The minimum absolute atomic E-state index is 0.193. The van der Waals surface area contributed by atoms with Crippen LogP contribution in [0.25, 0.3) is 0 Å². The van der Waals surface area contributed by atoms with Crippen LogP contribution < -0.4 is 5.73 Å². The Morgan fingerprint density at radius 3 is 2.92 bits per heavy atom. The van der Waals surface area contributed by atoms with Crippen LogP contribution in [0.15, 0.2) is 0 Å². The van der Waals surface area contributed by atoms with Gasteiger partial charge >= 0.3 is 0 Å². The highest BCUT2D eigenvalue weighted by atomic mass is 19.1. The van der Waals surface area contributed by atoms with Gasteiger partial charge in [-0.25, -0.2) is 4.39 Å². The Morgan fingerprint density at radius 2 is 2.42 bits per heavy atom. The van der Waals surface area contributed by atoms with E-state index in [-0.39, 0.29) is 5.92 Å². The molecule has 12 heavy (non-hydrogen) atoms. The predicted octanol–water partition coefficient (Wildman–Crippen LogP) is 0.152. The van der Waals surface area contributed by atoms with Gasteiger partial charge in [0.05, 0.1) is 0 Å². The molecule has 1 heterocycles. The first kappa shape index (κ1) is 9.45. The number of piperidine rings is 1. The molecule has 1 aliphatic rings. The number of hydrogen-bond acceptors (Lipinski definition) is 2. The minimum atomic E-state index is -1.47. The maximum absolute atomic E-state index is 13.1. The average molecular weight is 174 g/mol. The number of carbonyl (C=O) groups is 1. The lowest BCUT2D eigenvalue weighted by Crippen LogP contribution is -2.41. The van der Waals surface area contributed by atoms with Crippen molar-refractivity contribution in [3.63, 3.8) is 0 Å². The molecule has 0 aromatic carbocycles. The molecule has 0 radical (unpaired) electrons. The molecule has 0 bridgehead atoms. The van der Waals surface area contributed by atoms with Crippen molar-refractivity contribution in [2.24, 2.45) is 11.7 Å². The van der Waals surface area contributed by atoms with Crippen LogP contribution in [-0.4, -0.2) is 37.1 Å². The standard InChI is InChI=1S/C8H15FN2O/c1-11-4-2-3-6(5-11)7(9)8(10)12/h6-7H,2-5H2,1H3,(H2,10,12).